The predicted octanol–water partition coefficient (Wildman–Crippen LogP) is 3.24. The van der Waals surface area contributed by atoms with Crippen LogP contribution in [0.1, 0.15) is 30.2 Å². The molecule has 0 aliphatic carbocycles. The summed E-state index contributed by atoms with van der Waals surface area (Å²) in [5.41, 5.74) is 0.568. The number of rotatable bonds is 5. The van der Waals surface area contributed by atoms with E-state index in [-0.39, 0.29) is 11.8 Å². The van der Waals surface area contributed by atoms with E-state index in [1.807, 2.05) is 59.7 Å². The molecule has 1 unspecified atom stereocenters. The average molecular weight is 356 g/mol. The van der Waals surface area contributed by atoms with Crippen molar-refractivity contribution in [2.75, 3.05) is 13.1 Å². The van der Waals surface area contributed by atoms with E-state index in [1.165, 1.54) is 0 Å². The van der Waals surface area contributed by atoms with Gasteiger partial charge in [-0.2, -0.15) is 0 Å². The molecule has 1 atom stereocenters. The Labute approximate surface area is 152 Å². The first-order valence-corrected chi connectivity index (χ1v) is 9.57. The van der Waals surface area contributed by atoms with Gasteiger partial charge in [0.2, 0.25) is 11.8 Å². The van der Waals surface area contributed by atoms with Gasteiger partial charge in [0.15, 0.2) is 0 Å². The molecule has 1 aromatic heterocycles. The Bertz CT molecular complexity index is 715. The van der Waals surface area contributed by atoms with Crippen molar-refractivity contribution >= 4 is 23.2 Å². The minimum atomic E-state index is -0.516. The summed E-state index contributed by atoms with van der Waals surface area (Å²) in [5.74, 6) is 0.147. The summed E-state index contributed by atoms with van der Waals surface area (Å²) in [7, 11) is 0. The van der Waals surface area contributed by atoms with Crippen molar-refractivity contribution in [3.8, 4) is 0 Å². The van der Waals surface area contributed by atoms with E-state index in [0.717, 1.165) is 29.8 Å². The van der Waals surface area contributed by atoms with E-state index in [2.05, 4.69) is 5.32 Å². The zero-order valence-electron chi connectivity index (χ0n) is 14.5. The van der Waals surface area contributed by atoms with Gasteiger partial charge in [0.05, 0.1) is 11.8 Å². The van der Waals surface area contributed by atoms with Gasteiger partial charge in [-0.1, -0.05) is 36.4 Å². The Balaban J connectivity index is 1.58. The van der Waals surface area contributed by atoms with E-state index in [9.17, 15) is 9.59 Å². The number of hydrogen-bond donors (Lipinski definition) is 1. The molecule has 1 aliphatic heterocycles. The molecule has 0 spiro atoms. The van der Waals surface area contributed by atoms with Gasteiger partial charge in [-0.15, -0.1) is 11.3 Å². The maximum Gasteiger partial charge on any atom is 0.227 e. The van der Waals surface area contributed by atoms with Crippen molar-refractivity contribution < 1.29 is 9.59 Å². The smallest absolute Gasteiger partial charge is 0.227 e. The lowest BCUT2D eigenvalue weighted by molar-refractivity contribution is -0.140. The second kappa shape index (κ2) is 7.83. The number of amides is 2. The molecular formula is C20H24N2O2S. The normalized spacial score (nSPS) is 20.3. The van der Waals surface area contributed by atoms with E-state index in [4.69, 9.17) is 0 Å². The molecule has 25 heavy (non-hydrogen) atoms. The number of thiophene rings is 1. The quantitative estimate of drug-likeness (QED) is 0.894. The Hall–Kier alpha value is -2.14. The zero-order chi connectivity index (χ0) is 17.7. The van der Waals surface area contributed by atoms with Crippen LogP contribution in [-0.4, -0.2) is 29.8 Å². The number of likely N-dealkylation sites (tertiary alicyclic amines) is 1. The molecule has 2 heterocycles. The molecular weight excluding hydrogens is 332 g/mol. The van der Waals surface area contributed by atoms with Crippen molar-refractivity contribution in [3.05, 3.63) is 58.3 Å². The van der Waals surface area contributed by atoms with E-state index >= 15 is 0 Å². The van der Waals surface area contributed by atoms with Crippen LogP contribution in [0.2, 0.25) is 0 Å². The number of nitrogens with zero attached hydrogens (tertiary/aromatic N) is 1. The van der Waals surface area contributed by atoms with Crippen LogP contribution in [0, 0.1) is 5.41 Å². The summed E-state index contributed by atoms with van der Waals surface area (Å²) in [6.45, 7) is 3.74. The highest BCUT2D eigenvalue weighted by atomic mass is 32.1. The number of hydrogen-bond acceptors (Lipinski definition) is 3. The van der Waals surface area contributed by atoms with Crippen molar-refractivity contribution in [3.63, 3.8) is 0 Å². The summed E-state index contributed by atoms with van der Waals surface area (Å²) >= 11 is 1.60. The second-order valence-corrected chi connectivity index (χ2v) is 7.94. The third kappa shape index (κ3) is 4.48. The largest absolute Gasteiger partial charge is 0.351 e. The summed E-state index contributed by atoms with van der Waals surface area (Å²) in [6, 6.07) is 13.8. The number of piperidine rings is 1. The Morgan fingerprint density at radius 2 is 2.00 bits per heavy atom. The van der Waals surface area contributed by atoms with E-state index in [0.29, 0.717) is 19.5 Å². The monoisotopic (exact) mass is 356 g/mol. The molecule has 0 saturated carbocycles. The first kappa shape index (κ1) is 17.7. The van der Waals surface area contributed by atoms with Gasteiger partial charge in [-0.25, -0.2) is 0 Å². The first-order chi connectivity index (χ1) is 12.1. The lowest BCUT2D eigenvalue weighted by atomic mass is 9.80. The van der Waals surface area contributed by atoms with Crippen LogP contribution in [0.3, 0.4) is 0 Å². The van der Waals surface area contributed by atoms with Crippen LogP contribution in [0.25, 0.3) is 0 Å². The highest BCUT2D eigenvalue weighted by Crippen LogP contribution is 2.30. The second-order valence-electron chi connectivity index (χ2n) is 6.90. The van der Waals surface area contributed by atoms with E-state index in [1.54, 1.807) is 11.3 Å². The molecule has 1 N–H and O–H groups in total. The molecule has 4 nitrogen and oxygen atoms in total. The fourth-order valence-corrected chi connectivity index (χ4v) is 4.00. The number of carbonyl (C=O) groups is 2. The molecule has 2 aromatic rings. The lowest BCUT2D eigenvalue weighted by Crippen LogP contribution is -2.52. The minimum absolute atomic E-state index is 0.0324. The van der Waals surface area contributed by atoms with Crippen LogP contribution in [0.15, 0.2) is 47.8 Å². The Kier molecular flexibility index (Phi) is 5.53. The van der Waals surface area contributed by atoms with Crippen LogP contribution >= 0.6 is 11.3 Å². The molecule has 0 bridgehead atoms. The lowest BCUT2D eigenvalue weighted by Gasteiger charge is -2.39. The van der Waals surface area contributed by atoms with Crippen molar-refractivity contribution in [1.82, 2.24) is 10.2 Å². The highest BCUT2D eigenvalue weighted by Gasteiger charge is 2.39. The molecule has 0 radical (unpaired) electrons. The van der Waals surface area contributed by atoms with Crippen LogP contribution < -0.4 is 5.32 Å². The maximum atomic E-state index is 12.7. The first-order valence-electron chi connectivity index (χ1n) is 8.69. The number of nitrogens with one attached hydrogen (secondary N) is 1. The fourth-order valence-electron chi connectivity index (χ4n) is 3.30. The summed E-state index contributed by atoms with van der Waals surface area (Å²) in [4.78, 5) is 28.2. The van der Waals surface area contributed by atoms with Crippen molar-refractivity contribution in [1.29, 1.82) is 0 Å². The standard InChI is InChI=1S/C20H24N2O2S/c1-20(19(24)21-14-16-7-3-2-4-8-16)10-6-11-22(15-20)18(23)13-17-9-5-12-25-17/h2-5,7-9,12H,6,10-11,13-15H2,1H3,(H,21,24). The van der Waals surface area contributed by atoms with Crippen molar-refractivity contribution in [2.45, 2.75) is 32.7 Å². The van der Waals surface area contributed by atoms with Crippen molar-refractivity contribution in [2.24, 2.45) is 5.41 Å². The van der Waals surface area contributed by atoms with Gasteiger partial charge in [-0.3, -0.25) is 9.59 Å². The van der Waals surface area contributed by atoms with Gasteiger partial charge in [0, 0.05) is 24.5 Å². The predicted molar refractivity (Wildman–Crippen MR) is 100 cm³/mol. The van der Waals surface area contributed by atoms with E-state index < -0.39 is 5.41 Å². The van der Waals surface area contributed by atoms with Gasteiger partial charge in [0.1, 0.15) is 0 Å². The zero-order valence-corrected chi connectivity index (χ0v) is 15.3. The summed E-state index contributed by atoms with van der Waals surface area (Å²) in [6.07, 6.45) is 2.11. The molecule has 1 fully saturated rings. The third-order valence-electron chi connectivity index (χ3n) is 4.80. The number of carbonyl (C=O) groups excluding carboxylic acids is 2. The molecule has 132 valence electrons. The van der Waals surface area contributed by atoms with Crippen LogP contribution in [-0.2, 0) is 22.6 Å². The van der Waals surface area contributed by atoms with Gasteiger partial charge >= 0.3 is 0 Å². The molecule has 5 heteroatoms. The van der Waals surface area contributed by atoms with Crippen LogP contribution in [0.4, 0.5) is 0 Å². The fraction of sp³-hybridized carbons (Fsp3) is 0.400. The molecule has 1 aromatic carbocycles. The third-order valence-corrected chi connectivity index (χ3v) is 5.68. The molecule has 3 rings (SSSR count). The molecule has 2 amide bonds. The van der Waals surface area contributed by atoms with Gasteiger partial charge in [0.25, 0.3) is 0 Å². The maximum absolute atomic E-state index is 12.7. The Morgan fingerprint density at radius 3 is 2.72 bits per heavy atom. The number of benzene rings is 1. The SMILES string of the molecule is CC1(C(=O)NCc2ccccc2)CCCN(C(=O)Cc2cccs2)C1. The minimum Gasteiger partial charge on any atom is -0.351 e. The Morgan fingerprint density at radius 1 is 1.20 bits per heavy atom. The molecule has 1 aliphatic rings. The average Bonchev–Trinajstić information content (AvgIpc) is 3.13. The topological polar surface area (TPSA) is 49.4 Å². The van der Waals surface area contributed by atoms with Crippen LogP contribution in [0.5, 0.6) is 0 Å². The summed E-state index contributed by atoms with van der Waals surface area (Å²) in [5, 5.41) is 5.03. The van der Waals surface area contributed by atoms with Gasteiger partial charge < -0.3 is 10.2 Å². The highest BCUT2D eigenvalue weighted by molar-refractivity contribution is 7.10. The molecule has 1 saturated heterocycles. The summed E-state index contributed by atoms with van der Waals surface area (Å²) < 4.78 is 0. The van der Waals surface area contributed by atoms with Gasteiger partial charge in [-0.05, 0) is 36.8 Å².